The van der Waals surface area contributed by atoms with E-state index in [1.165, 1.54) is 6.08 Å². The van der Waals surface area contributed by atoms with Crippen LogP contribution in [0.15, 0.2) is 55.1 Å². The van der Waals surface area contributed by atoms with Crippen LogP contribution in [0.2, 0.25) is 0 Å². The maximum atomic E-state index is 11.9. The second-order valence-corrected chi connectivity index (χ2v) is 7.12. The van der Waals surface area contributed by atoms with Gasteiger partial charge in [0.25, 0.3) is 0 Å². The van der Waals surface area contributed by atoms with E-state index in [0.29, 0.717) is 13.1 Å². The Hall–Kier alpha value is -3.28. The third kappa shape index (κ3) is 3.58. The highest BCUT2D eigenvalue weighted by Gasteiger charge is 2.24. The molecule has 1 saturated heterocycles. The molecular weight excluding hydrogens is 364 g/mol. The quantitative estimate of drug-likeness (QED) is 0.625. The molecule has 0 bridgehead atoms. The molecule has 0 atom stereocenters. The molecule has 1 aliphatic rings. The highest BCUT2D eigenvalue weighted by Crippen LogP contribution is 2.32. The van der Waals surface area contributed by atoms with Crippen molar-refractivity contribution in [2.24, 2.45) is 0 Å². The van der Waals surface area contributed by atoms with Gasteiger partial charge in [-0.2, -0.15) is 5.10 Å². The van der Waals surface area contributed by atoms with E-state index >= 15 is 0 Å². The Morgan fingerprint density at radius 1 is 1.10 bits per heavy atom. The lowest BCUT2D eigenvalue weighted by Gasteiger charge is -2.35. The van der Waals surface area contributed by atoms with Crippen molar-refractivity contribution in [1.29, 1.82) is 0 Å². The molecule has 0 unspecified atom stereocenters. The number of hydrogen-bond acceptors (Lipinski definition) is 4. The molecule has 1 fully saturated rings. The van der Waals surface area contributed by atoms with Crippen molar-refractivity contribution in [2.75, 3.05) is 38.2 Å². The summed E-state index contributed by atoms with van der Waals surface area (Å²) < 4.78 is 7.32. The van der Waals surface area contributed by atoms with Gasteiger partial charge in [0, 0.05) is 38.1 Å². The Labute approximate surface area is 171 Å². The van der Waals surface area contributed by atoms with Crippen molar-refractivity contribution in [3.05, 3.63) is 55.1 Å². The molecule has 3 aromatic rings. The van der Waals surface area contributed by atoms with E-state index in [9.17, 15) is 4.79 Å². The van der Waals surface area contributed by atoms with Crippen LogP contribution in [0.5, 0.6) is 5.75 Å². The number of carbonyl (C=O) groups is 1. The maximum Gasteiger partial charge on any atom is 0.246 e. The van der Waals surface area contributed by atoms with Crippen LogP contribution in [0.3, 0.4) is 0 Å². The molecule has 0 saturated carbocycles. The SMILES string of the molecule is C=CC(=O)N1CCN(c2c3ccc(-c4ccc(OC)cc4)cc3nn2CC)CC1. The smallest absolute Gasteiger partial charge is 0.246 e. The summed E-state index contributed by atoms with van der Waals surface area (Å²) in [5.41, 5.74) is 3.26. The number of amides is 1. The van der Waals surface area contributed by atoms with Crippen molar-refractivity contribution >= 4 is 22.6 Å². The third-order valence-corrected chi connectivity index (χ3v) is 5.50. The van der Waals surface area contributed by atoms with E-state index in [4.69, 9.17) is 9.84 Å². The van der Waals surface area contributed by atoms with Crippen LogP contribution in [0.1, 0.15) is 6.92 Å². The van der Waals surface area contributed by atoms with Gasteiger partial charge in [0.1, 0.15) is 11.6 Å². The molecule has 0 aliphatic carbocycles. The van der Waals surface area contributed by atoms with E-state index in [0.717, 1.165) is 53.2 Å². The van der Waals surface area contributed by atoms with Gasteiger partial charge in [0.15, 0.2) is 0 Å². The molecule has 1 aromatic heterocycles. The molecule has 6 heteroatoms. The second kappa shape index (κ2) is 7.99. The Morgan fingerprint density at radius 3 is 2.41 bits per heavy atom. The van der Waals surface area contributed by atoms with Crippen molar-refractivity contribution in [3.8, 4) is 16.9 Å². The number of benzene rings is 2. The molecule has 150 valence electrons. The molecule has 0 radical (unpaired) electrons. The van der Waals surface area contributed by atoms with Gasteiger partial charge in [-0.1, -0.05) is 24.8 Å². The predicted octanol–water partition coefficient (Wildman–Crippen LogP) is 3.57. The number of carbonyl (C=O) groups excluding carboxylic acids is 1. The topological polar surface area (TPSA) is 50.6 Å². The molecule has 0 N–H and O–H groups in total. The van der Waals surface area contributed by atoms with Crippen molar-refractivity contribution in [2.45, 2.75) is 13.5 Å². The van der Waals surface area contributed by atoms with Gasteiger partial charge < -0.3 is 14.5 Å². The number of aryl methyl sites for hydroxylation is 1. The van der Waals surface area contributed by atoms with Crippen molar-refractivity contribution in [1.82, 2.24) is 14.7 Å². The monoisotopic (exact) mass is 390 g/mol. The maximum absolute atomic E-state index is 11.9. The van der Waals surface area contributed by atoms with Gasteiger partial charge in [-0.3, -0.25) is 4.79 Å². The first kappa shape index (κ1) is 19.1. The Morgan fingerprint density at radius 2 is 1.79 bits per heavy atom. The highest BCUT2D eigenvalue weighted by molar-refractivity contribution is 5.94. The first-order valence-electron chi connectivity index (χ1n) is 9.96. The average molecular weight is 390 g/mol. The summed E-state index contributed by atoms with van der Waals surface area (Å²) in [6.07, 6.45) is 1.39. The minimum atomic E-state index is 0.00245. The summed E-state index contributed by atoms with van der Waals surface area (Å²) in [6, 6.07) is 14.5. The van der Waals surface area contributed by atoms with Crippen LogP contribution >= 0.6 is 0 Å². The second-order valence-electron chi connectivity index (χ2n) is 7.12. The van der Waals surface area contributed by atoms with Gasteiger partial charge in [0.05, 0.1) is 12.6 Å². The number of fused-ring (bicyclic) bond motifs is 1. The summed E-state index contributed by atoms with van der Waals surface area (Å²) in [6.45, 7) is 9.48. The molecular formula is C23H26N4O2. The number of aromatic nitrogens is 2. The number of hydrogen-bond donors (Lipinski definition) is 0. The van der Waals surface area contributed by atoms with Gasteiger partial charge in [-0.15, -0.1) is 0 Å². The van der Waals surface area contributed by atoms with Gasteiger partial charge in [0.2, 0.25) is 5.91 Å². The van der Waals surface area contributed by atoms with Crippen molar-refractivity contribution in [3.63, 3.8) is 0 Å². The molecule has 2 aromatic carbocycles. The zero-order chi connectivity index (χ0) is 20.4. The number of methoxy groups -OCH3 is 1. The first-order chi connectivity index (χ1) is 14.1. The number of ether oxygens (including phenoxy) is 1. The minimum Gasteiger partial charge on any atom is -0.497 e. The largest absolute Gasteiger partial charge is 0.497 e. The summed E-state index contributed by atoms with van der Waals surface area (Å²) in [4.78, 5) is 16.1. The van der Waals surface area contributed by atoms with Gasteiger partial charge in [-0.25, -0.2) is 4.68 Å². The molecule has 29 heavy (non-hydrogen) atoms. The Balaban J connectivity index is 1.64. The fourth-order valence-electron chi connectivity index (χ4n) is 3.90. The van der Waals surface area contributed by atoms with Crippen LogP contribution < -0.4 is 9.64 Å². The van der Waals surface area contributed by atoms with E-state index in [2.05, 4.69) is 53.4 Å². The lowest BCUT2D eigenvalue weighted by atomic mass is 10.0. The third-order valence-electron chi connectivity index (χ3n) is 5.50. The highest BCUT2D eigenvalue weighted by atomic mass is 16.5. The van der Waals surface area contributed by atoms with E-state index < -0.39 is 0 Å². The average Bonchev–Trinajstić information content (AvgIpc) is 3.16. The lowest BCUT2D eigenvalue weighted by molar-refractivity contribution is -0.126. The van der Waals surface area contributed by atoms with Gasteiger partial charge in [-0.05, 0) is 48.4 Å². The lowest BCUT2D eigenvalue weighted by Crippen LogP contribution is -2.48. The summed E-state index contributed by atoms with van der Waals surface area (Å²) >= 11 is 0. The molecule has 6 nitrogen and oxygen atoms in total. The first-order valence-corrected chi connectivity index (χ1v) is 9.96. The summed E-state index contributed by atoms with van der Waals surface area (Å²) in [5, 5.41) is 6.00. The molecule has 0 spiro atoms. The zero-order valence-electron chi connectivity index (χ0n) is 17.0. The van der Waals surface area contributed by atoms with Crippen LogP contribution in [0, 0.1) is 0 Å². The van der Waals surface area contributed by atoms with Gasteiger partial charge >= 0.3 is 0 Å². The molecule has 1 aliphatic heterocycles. The van der Waals surface area contributed by atoms with Crippen LogP contribution in [0.4, 0.5) is 5.82 Å². The fourth-order valence-corrected chi connectivity index (χ4v) is 3.90. The van der Waals surface area contributed by atoms with Crippen LogP contribution in [-0.4, -0.2) is 53.9 Å². The van der Waals surface area contributed by atoms with Crippen molar-refractivity contribution < 1.29 is 9.53 Å². The zero-order valence-corrected chi connectivity index (χ0v) is 17.0. The van der Waals surface area contributed by atoms with E-state index in [1.54, 1.807) is 7.11 Å². The molecule has 2 heterocycles. The minimum absolute atomic E-state index is 0.00245. The fraction of sp³-hybridized carbons (Fsp3) is 0.304. The Kier molecular flexibility index (Phi) is 5.25. The number of piperazine rings is 1. The predicted molar refractivity (Wildman–Crippen MR) is 116 cm³/mol. The number of rotatable bonds is 5. The summed E-state index contributed by atoms with van der Waals surface area (Å²) in [7, 11) is 1.67. The Bertz CT molecular complexity index is 1030. The summed E-state index contributed by atoms with van der Waals surface area (Å²) in [5.74, 6) is 1.98. The molecule has 4 rings (SSSR count). The van der Waals surface area contributed by atoms with Crippen LogP contribution in [0.25, 0.3) is 22.0 Å². The molecule has 1 amide bonds. The van der Waals surface area contributed by atoms with E-state index in [1.807, 2.05) is 17.0 Å². The standard InChI is InChI=1S/C23H26N4O2/c1-4-22(28)25-12-14-26(15-13-25)23-20-11-8-18(16-21(20)24-27(23)5-2)17-6-9-19(29-3)10-7-17/h4,6-11,16H,1,5,12-15H2,2-3H3. The number of anilines is 1. The number of nitrogens with zero attached hydrogens (tertiary/aromatic N) is 4. The normalized spacial score (nSPS) is 14.3. The van der Waals surface area contributed by atoms with E-state index in [-0.39, 0.29) is 5.91 Å². The van der Waals surface area contributed by atoms with Crippen LogP contribution in [-0.2, 0) is 11.3 Å².